The third kappa shape index (κ3) is 3.54. The number of fused-ring (bicyclic) bond motifs is 1. The highest BCUT2D eigenvalue weighted by molar-refractivity contribution is 5.85. The second-order valence-corrected chi connectivity index (χ2v) is 6.10. The molecule has 0 aliphatic heterocycles. The molecule has 0 bridgehead atoms. The van der Waals surface area contributed by atoms with Crippen molar-refractivity contribution in [3.05, 3.63) is 52.3 Å². The van der Waals surface area contributed by atoms with Gasteiger partial charge >= 0.3 is 5.97 Å². The number of pyridine rings is 2. The molecule has 0 aliphatic rings. The minimum absolute atomic E-state index is 0. The summed E-state index contributed by atoms with van der Waals surface area (Å²) in [5.74, 6) is -0.609. The number of nitrogens with zero attached hydrogens (tertiary/aromatic N) is 3. The number of aryl methyl sites for hydroxylation is 1. The average Bonchev–Trinajstić information content (AvgIpc) is 3.10. The van der Waals surface area contributed by atoms with Gasteiger partial charge in [0, 0.05) is 48.9 Å². The van der Waals surface area contributed by atoms with Crippen molar-refractivity contribution >= 4 is 24.0 Å². The van der Waals surface area contributed by atoms with Crippen molar-refractivity contribution in [3.63, 3.8) is 0 Å². The van der Waals surface area contributed by atoms with Crippen molar-refractivity contribution < 1.29 is 14.6 Å². The Balaban J connectivity index is 0.00000261. The Hall–Kier alpha value is -2.84. The highest BCUT2D eigenvalue weighted by Crippen LogP contribution is 2.30. The number of imidazole rings is 1. The fourth-order valence-corrected chi connectivity index (χ4v) is 2.94. The third-order valence-corrected chi connectivity index (χ3v) is 4.50. The number of halogens is 1. The molecule has 144 valence electrons. The van der Waals surface area contributed by atoms with Crippen molar-refractivity contribution in [3.8, 4) is 16.9 Å². The fourth-order valence-electron chi connectivity index (χ4n) is 2.94. The summed E-state index contributed by atoms with van der Waals surface area (Å²) in [5, 5.41) is 9.05. The monoisotopic (exact) mass is 392 g/mol. The van der Waals surface area contributed by atoms with Gasteiger partial charge < -0.3 is 24.5 Å². The summed E-state index contributed by atoms with van der Waals surface area (Å²) in [4.78, 5) is 28.2. The van der Waals surface area contributed by atoms with E-state index in [1.54, 1.807) is 46.6 Å². The second-order valence-electron chi connectivity index (χ2n) is 6.10. The predicted octanol–water partition coefficient (Wildman–Crippen LogP) is 1.39. The van der Waals surface area contributed by atoms with Gasteiger partial charge in [-0.2, -0.15) is 0 Å². The van der Waals surface area contributed by atoms with Gasteiger partial charge in [-0.3, -0.25) is 9.59 Å². The number of ether oxygens (including phenoxy) is 1. The summed E-state index contributed by atoms with van der Waals surface area (Å²) < 4.78 is 8.71. The van der Waals surface area contributed by atoms with Gasteiger partial charge in [0.1, 0.15) is 17.4 Å². The van der Waals surface area contributed by atoms with Crippen LogP contribution in [0.15, 0.2) is 35.4 Å². The molecular formula is C18H21ClN4O4. The molecule has 8 nitrogen and oxygen atoms in total. The number of carbonyl (C=O) groups is 1. The highest BCUT2D eigenvalue weighted by Gasteiger charge is 2.20. The van der Waals surface area contributed by atoms with Crippen molar-refractivity contribution in [1.29, 1.82) is 0 Å². The molecule has 0 saturated heterocycles. The van der Waals surface area contributed by atoms with Crippen LogP contribution >= 0.6 is 12.4 Å². The molecule has 0 amide bonds. The van der Waals surface area contributed by atoms with Crippen LogP contribution in [0.4, 0.5) is 0 Å². The van der Waals surface area contributed by atoms with E-state index in [1.165, 1.54) is 7.11 Å². The summed E-state index contributed by atoms with van der Waals surface area (Å²) in [6.45, 7) is 1.83. The number of carboxylic acid groups (broad SMARTS) is 1. The number of aliphatic carboxylic acids is 1. The Morgan fingerprint density at radius 3 is 2.74 bits per heavy atom. The first kappa shape index (κ1) is 20.5. The quantitative estimate of drug-likeness (QED) is 0.678. The molecule has 0 aromatic carbocycles. The first-order valence-electron chi connectivity index (χ1n) is 8.03. The number of hydrogen-bond donors (Lipinski definition) is 2. The molecule has 9 heteroatoms. The lowest BCUT2D eigenvalue weighted by atomic mass is 10.0. The molecule has 3 aromatic heterocycles. The molecule has 0 saturated carbocycles. The minimum Gasteiger partial charge on any atom is -0.496 e. The van der Waals surface area contributed by atoms with Gasteiger partial charge in [0.25, 0.3) is 5.56 Å². The molecule has 3 rings (SSSR count). The molecule has 3 N–H and O–H groups in total. The lowest BCUT2D eigenvalue weighted by Crippen LogP contribution is -2.32. The van der Waals surface area contributed by atoms with Gasteiger partial charge in [-0.15, -0.1) is 12.4 Å². The molecule has 1 atom stereocenters. The van der Waals surface area contributed by atoms with Crippen molar-refractivity contribution in [2.75, 3.05) is 7.11 Å². The van der Waals surface area contributed by atoms with Crippen molar-refractivity contribution in [2.45, 2.75) is 19.4 Å². The van der Waals surface area contributed by atoms with Gasteiger partial charge in [0.05, 0.1) is 12.7 Å². The average molecular weight is 393 g/mol. The van der Waals surface area contributed by atoms with E-state index in [0.29, 0.717) is 28.2 Å². The van der Waals surface area contributed by atoms with Gasteiger partial charge in [-0.05, 0) is 19.1 Å². The number of aromatic nitrogens is 3. The largest absolute Gasteiger partial charge is 0.496 e. The number of rotatable bonds is 5. The maximum absolute atomic E-state index is 12.8. The predicted molar refractivity (Wildman–Crippen MR) is 104 cm³/mol. The Labute approximate surface area is 161 Å². The highest BCUT2D eigenvalue weighted by atomic mass is 35.5. The Bertz CT molecular complexity index is 1060. The van der Waals surface area contributed by atoms with E-state index in [0.717, 1.165) is 5.69 Å². The maximum Gasteiger partial charge on any atom is 0.320 e. The van der Waals surface area contributed by atoms with E-state index in [-0.39, 0.29) is 24.4 Å². The van der Waals surface area contributed by atoms with Crippen LogP contribution in [0.3, 0.4) is 0 Å². The topological polar surface area (TPSA) is 112 Å². The zero-order chi connectivity index (χ0) is 19.0. The molecule has 0 spiro atoms. The molecule has 0 fully saturated rings. The Morgan fingerprint density at radius 1 is 1.41 bits per heavy atom. The summed E-state index contributed by atoms with van der Waals surface area (Å²) in [6.07, 6.45) is 3.46. The molecule has 0 radical (unpaired) electrons. The molecule has 3 heterocycles. The van der Waals surface area contributed by atoms with Crippen LogP contribution in [0.5, 0.6) is 5.75 Å². The van der Waals surface area contributed by atoms with Gasteiger partial charge in [0.15, 0.2) is 0 Å². The SMILES string of the molecule is COc1cc(C)n(C)c(=O)c1-c1ccc(C[C@H](N)C(=O)O)n2ccnc12.Cl. The van der Waals surface area contributed by atoms with E-state index in [4.69, 9.17) is 15.6 Å². The maximum atomic E-state index is 12.8. The molecule has 0 aliphatic carbocycles. The fraction of sp³-hybridized carbons (Fsp3) is 0.278. The van der Waals surface area contributed by atoms with Crippen LogP contribution in [0.25, 0.3) is 16.8 Å². The molecule has 27 heavy (non-hydrogen) atoms. The van der Waals surface area contributed by atoms with Crippen LogP contribution in [-0.2, 0) is 18.3 Å². The minimum atomic E-state index is -1.07. The van der Waals surface area contributed by atoms with Crippen LogP contribution in [0.2, 0.25) is 0 Å². The first-order chi connectivity index (χ1) is 12.3. The van der Waals surface area contributed by atoms with Crippen LogP contribution in [0.1, 0.15) is 11.4 Å². The van der Waals surface area contributed by atoms with E-state index >= 15 is 0 Å². The number of hydrogen-bond acceptors (Lipinski definition) is 5. The van der Waals surface area contributed by atoms with Gasteiger partial charge in [-0.1, -0.05) is 0 Å². The van der Waals surface area contributed by atoms with Crippen LogP contribution < -0.4 is 16.0 Å². The van der Waals surface area contributed by atoms with Crippen molar-refractivity contribution in [2.24, 2.45) is 12.8 Å². The number of methoxy groups -OCH3 is 1. The van der Waals surface area contributed by atoms with Crippen molar-refractivity contribution in [1.82, 2.24) is 14.0 Å². The van der Waals surface area contributed by atoms with Crippen LogP contribution in [-0.4, -0.2) is 38.2 Å². The van der Waals surface area contributed by atoms with E-state index in [2.05, 4.69) is 4.98 Å². The number of carboxylic acids is 1. The molecule has 3 aromatic rings. The Kier molecular flexibility index (Phi) is 5.92. The lowest BCUT2D eigenvalue weighted by molar-refractivity contribution is -0.138. The van der Waals surface area contributed by atoms with Gasteiger partial charge in [0.2, 0.25) is 0 Å². The first-order valence-corrected chi connectivity index (χ1v) is 8.03. The normalized spacial score (nSPS) is 11.9. The third-order valence-electron chi connectivity index (χ3n) is 4.50. The smallest absolute Gasteiger partial charge is 0.320 e. The summed E-state index contributed by atoms with van der Waals surface area (Å²) in [7, 11) is 3.21. The summed E-state index contributed by atoms with van der Waals surface area (Å²) in [6, 6.07) is 4.28. The lowest BCUT2D eigenvalue weighted by Gasteiger charge is -2.15. The van der Waals surface area contributed by atoms with E-state index < -0.39 is 12.0 Å². The summed E-state index contributed by atoms with van der Waals surface area (Å²) >= 11 is 0. The van der Waals surface area contributed by atoms with E-state index in [9.17, 15) is 9.59 Å². The van der Waals surface area contributed by atoms with Crippen LogP contribution in [0, 0.1) is 6.92 Å². The molecule has 0 unspecified atom stereocenters. The molecular weight excluding hydrogens is 372 g/mol. The second kappa shape index (κ2) is 7.81. The zero-order valence-electron chi connectivity index (χ0n) is 15.2. The standard InChI is InChI=1S/C18H20N4O4.ClH/c1-10-8-14(26-3)15(17(23)21(10)2)12-5-4-11(9-13(19)18(24)25)22-7-6-20-16(12)22;/h4-8,13H,9,19H2,1-3H3,(H,24,25);1H/t13-;/m0./s1. The summed E-state index contributed by atoms with van der Waals surface area (Å²) in [5.41, 5.74) is 8.50. The zero-order valence-corrected chi connectivity index (χ0v) is 16.0. The van der Waals surface area contributed by atoms with Gasteiger partial charge in [-0.25, -0.2) is 4.98 Å². The van der Waals surface area contributed by atoms with E-state index in [1.807, 2.05) is 6.92 Å². The Morgan fingerprint density at radius 2 is 2.11 bits per heavy atom. The number of nitrogens with two attached hydrogens (primary N) is 1.